The van der Waals surface area contributed by atoms with E-state index in [-0.39, 0.29) is 17.6 Å². The number of amides is 2. The maximum Gasteiger partial charge on any atom is 0.254 e. The molecule has 2 amide bonds. The molecule has 0 saturated carbocycles. The molecule has 0 aliphatic carbocycles. The van der Waals surface area contributed by atoms with Crippen molar-refractivity contribution < 1.29 is 14.0 Å². The first-order chi connectivity index (χ1) is 17.8. The van der Waals surface area contributed by atoms with E-state index in [4.69, 9.17) is 4.42 Å². The van der Waals surface area contributed by atoms with Crippen LogP contribution in [0, 0.1) is 32.1 Å². The van der Waals surface area contributed by atoms with Gasteiger partial charge in [-0.25, -0.2) is 0 Å². The quantitative estimate of drug-likeness (QED) is 0.363. The zero-order valence-corrected chi connectivity index (χ0v) is 22.0. The van der Waals surface area contributed by atoms with Gasteiger partial charge in [-0.05, 0) is 68.7 Å². The maximum atomic E-state index is 13.6. The van der Waals surface area contributed by atoms with E-state index < -0.39 is 5.92 Å². The minimum absolute atomic E-state index is 0.0868. The van der Waals surface area contributed by atoms with Crippen molar-refractivity contribution in [2.45, 2.75) is 33.6 Å². The first-order valence-corrected chi connectivity index (χ1v) is 12.8. The van der Waals surface area contributed by atoms with Crippen molar-refractivity contribution in [2.75, 3.05) is 16.4 Å². The fourth-order valence-electron chi connectivity index (χ4n) is 4.32. The van der Waals surface area contributed by atoms with Crippen LogP contribution in [0.5, 0.6) is 0 Å². The van der Waals surface area contributed by atoms with Crippen molar-refractivity contribution >= 4 is 35.0 Å². The van der Waals surface area contributed by atoms with Crippen molar-refractivity contribution in [3.63, 3.8) is 0 Å². The van der Waals surface area contributed by atoms with Crippen molar-refractivity contribution in [1.29, 1.82) is 5.26 Å². The maximum absolute atomic E-state index is 13.6. The van der Waals surface area contributed by atoms with Crippen LogP contribution in [0.15, 0.2) is 87.1 Å². The fourth-order valence-corrected chi connectivity index (χ4v) is 5.21. The van der Waals surface area contributed by atoms with E-state index in [2.05, 4.69) is 22.0 Å². The number of carbonyl (C=O) groups is 2. The molecule has 7 nitrogen and oxygen atoms in total. The fraction of sp³-hybridized carbons (Fsp3) is 0.207. The Morgan fingerprint density at radius 1 is 1.03 bits per heavy atom. The standard InChI is InChI=1S/C29H28N4O3S/c1-17-8-5-11-21(14-17)32-24(34)16-37-29-22(15-30)26(23-12-7-13-36-23)25(20(4)31-29)28(35)33-27-18(2)9-6-10-19(27)3/h5-14,26,31H,16H2,1-4H3,(H,32,34)(H,33,35)/t26-/m1/s1. The van der Waals surface area contributed by atoms with Crippen LogP contribution in [0.1, 0.15) is 35.3 Å². The average molecular weight is 513 g/mol. The molecule has 8 heteroatoms. The summed E-state index contributed by atoms with van der Waals surface area (Å²) in [6, 6.07) is 19.1. The van der Waals surface area contributed by atoms with Gasteiger partial charge in [-0.1, -0.05) is 42.1 Å². The second-order valence-corrected chi connectivity index (χ2v) is 9.88. The minimum Gasteiger partial charge on any atom is -0.468 e. The molecule has 2 aromatic carbocycles. The second-order valence-electron chi connectivity index (χ2n) is 8.89. The first-order valence-electron chi connectivity index (χ1n) is 11.8. The molecule has 1 atom stereocenters. The molecular formula is C29H28N4O3S. The summed E-state index contributed by atoms with van der Waals surface area (Å²) in [5, 5.41) is 19.8. The van der Waals surface area contributed by atoms with E-state index in [9.17, 15) is 14.9 Å². The van der Waals surface area contributed by atoms with Gasteiger partial charge in [0.2, 0.25) is 5.91 Å². The number of hydrogen-bond donors (Lipinski definition) is 3. The monoisotopic (exact) mass is 512 g/mol. The Morgan fingerprint density at radius 3 is 2.41 bits per heavy atom. The summed E-state index contributed by atoms with van der Waals surface area (Å²) in [6.07, 6.45) is 1.52. The van der Waals surface area contributed by atoms with E-state index in [1.807, 2.05) is 63.2 Å². The molecule has 0 radical (unpaired) electrons. The highest BCUT2D eigenvalue weighted by Gasteiger charge is 2.36. The molecular weight excluding hydrogens is 484 g/mol. The molecule has 2 heterocycles. The number of thioether (sulfide) groups is 1. The van der Waals surface area contributed by atoms with Crippen LogP contribution >= 0.6 is 11.8 Å². The number of anilines is 2. The molecule has 4 rings (SSSR count). The zero-order valence-electron chi connectivity index (χ0n) is 21.1. The molecule has 0 fully saturated rings. The lowest BCUT2D eigenvalue weighted by molar-refractivity contribution is -0.114. The highest BCUT2D eigenvalue weighted by atomic mass is 32.2. The molecule has 3 aromatic rings. The molecule has 0 spiro atoms. The van der Waals surface area contributed by atoms with E-state index in [0.717, 1.165) is 22.4 Å². The number of furan rings is 1. The summed E-state index contributed by atoms with van der Waals surface area (Å²) in [6.45, 7) is 7.61. The Morgan fingerprint density at radius 2 is 1.76 bits per heavy atom. The summed E-state index contributed by atoms with van der Waals surface area (Å²) in [5.41, 5.74) is 5.68. The van der Waals surface area contributed by atoms with Gasteiger partial charge in [0.1, 0.15) is 5.76 Å². The van der Waals surface area contributed by atoms with Crippen LogP contribution in [0.3, 0.4) is 0 Å². The van der Waals surface area contributed by atoms with Crippen LogP contribution in [-0.4, -0.2) is 17.6 Å². The largest absolute Gasteiger partial charge is 0.468 e. The van der Waals surface area contributed by atoms with Crippen LogP contribution < -0.4 is 16.0 Å². The summed E-state index contributed by atoms with van der Waals surface area (Å²) in [5.74, 6) is -0.669. The van der Waals surface area contributed by atoms with Gasteiger partial charge >= 0.3 is 0 Å². The predicted octanol–water partition coefficient (Wildman–Crippen LogP) is 5.91. The molecule has 0 saturated heterocycles. The molecule has 0 unspecified atom stereocenters. The van der Waals surface area contributed by atoms with E-state index in [0.29, 0.717) is 33.3 Å². The van der Waals surface area contributed by atoms with Crippen LogP contribution in [-0.2, 0) is 9.59 Å². The van der Waals surface area contributed by atoms with Gasteiger partial charge in [0.25, 0.3) is 5.91 Å². The number of allylic oxidation sites excluding steroid dienone is 2. The Balaban J connectivity index is 1.61. The SMILES string of the molecule is CC1=C(C(=O)Nc2c(C)cccc2C)[C@@H](c2ccco2)C(C#N)=C(SCC(=O)Nc2cccc(C)c2)N1. The van der Waals surface area contributed by atoms with Gasteiger partial charge in [-0.15, -0.1) is 0 Å². The molecule has 1 aromatic heterocycles. The minimum atomic E-state index is -0.715. The Kier molecular flexibility index (Phi) is 7.85. The van der Waals surface area contributed by atoms with Crippen molar-refractivity contribution in [3.8, 4) is 6.07 Å². The van der Waals surface area contributed by atoms with E-state index >= 15 is 0 Å². The molecule has 1 aliphatic heterocycles. The van der Waals surface area contributed by atoms with Crippen molar-refractivity contribution in [1.82, 2.24) is 5.32 Å². The predicted molar refractivity (Wildman–Crippen MR) is 147 cm³/mol. The number of rotatable bonds is 7. The lowest BCUT2D eigenvalue weighted by Crippen LogP contribution is -2.31. The lowest BCUT2D eigenvalue weighted by atomic mass is 9.85. The second kappa shape index (κ2) is 11.2. The van der Waals surface area contributed by atoms with Gasteiger partial charge < -0.3 is 20.4 Å². The Labute approximate surface area is 220 Å². The highest BCUT2D eigenvalue weighted by molar-refractivity contribution is 8.03. The van der Waals surface area contributed by atoms with Gasteiger partial charge in [-0.3, -0.25) is 9.59 Å². The number of nitrogens with one attached hydrogen (secondary N) is 3. The summed E-state index contributed by atoms with van der Waals surface area (Å²) in [4.78, 5) is 26.2. The number of dihydropyridines is 1. The van der Waals surface area contributed by atoms with Gasteiger partial charge in [-0.2, -0.15) is 5.26 Å². The van der Waals surface area contributed by atoms with Crippen molar-refractivity contribution in [2.24, 2.45) is 0 Å². The van der Waals surface area contributed by atoms with E-state index in [1.165, 1.54) is 18.0 Å². The number of benzene rings is 2. The lowest BCUT2D eigenvalue weighted by Gasteiger charge is -2.28. The molecule has 1 aliphatic rings. The zero-order chi connectivity index (χ0) is 26.5. The molecule has 3 N–H and O–H groups in total. The summed E-state index contributed by atoms with van der Waals surface area (Å²) >= 11 is 1.22. The van der Waals surface area contributed by atoms with Crippen LogP contribution in [0.2, 0.25) is 0 Å². The highest BCUT2D eigenvalue weighted by Crippen LogP contribution is 2.41. The van der Waals surface area contributed by atoms with Crippen molar-refractivity contribution in [3.05, 3.63) is 105 Å². The smallest absolute Gasteiger partial charge is 0.254 e. The summed E-state index contributed by atoms with van der Waals surface area (Å²) in [7, 11) is 0. The molecule has 188 valence electrons. The Hall–Kier alpha value is -4.22. The number of nitriles is 1. The van der Waals surface area contributed by atoms with Crippen LogP contribution in [0.4, 0.5) is 11.4 Å². The number of carbonyl (C=O) groups excluding carboxylic acids is 2. The normalized spacial score (nSPS) is 15.2. The number of aryl methyl sites for hydroxylation is 3. The van der Waals surface area contributed by atoms with Gasteiger partial charge in [0, 0.05) is 17.1 Å². The number of hydrogen-bond acceptors (Lipinski definition) is 6. The average Bonchev–Trinajstić information content (AvgIpc) is 3.39. The third-order valence-electron chi connectivity index (χ3n) is 6.09. The topological polar surface area (TPSA) is 107 Å². The van der Waals surface area contributed by atoms with Gasteiger partial charge in [0.15, 0.2) is 0 Å². The van der Waals surface area contributed by atoms with Gasteiger partial charge in [0.05, 0.1) is 40.2 Å². The van der Waals surface area contributed by atoms with Crippen LogP contribution in [0.25, 0.3) is 0 Å². The third kappa shape index (κ3) is 5.79. The first kappa shape index (κ1) is 25.9. The number of nitrogens with zero attached hydrogens (tertiary/aromatic N) is 1. The molecule has 0 bridgehead atoms. The third-order valence-corrected chi connectivity index (χ3v) is 7.11. The molecule has 37 heavy (non-hydrogen) atoms. The van der Waals surface area contributed by atoms with E-state index in [1.54, 1.807) is 19.1 Å². The summed E-state index contributed by atoms with van der Waals surface area (Å²) < 4.78 is 5.68. The Bertz CT molecular complexity index is 1430. The number of para-hydroxylation sites is 1.